The van der Waals surface area contributed by atoms with Gasteiger partial charge in [-0.15, -0.1) is 10.2 Å². The number of nitrogens with zero attached hydrogens (tertiary/aromatic N) is 3. The molecule has 0 N–H and O–H groups in total. The monoisotopic (exact) mass is 629 g/mol. The van der Waals surface area contributed by atoms with Crippen molar-refractivity contribution >= 4 is 54.1 Å². The lowest BCUT2D eigenvalue weighted by Gasteiger charge is -2.17. The highest BCUT2D eigenvalue weighted by Crippen LogP contribution is 2.47. The van der Waals surface area contributed by atoms with Crippen molar-refractivity contribution in [1.29, 1.82) is 0 Å². The van der Waals surface area contributed by atoms with Gasteiger partial charge in [0.1, 0.15) is 0 Å². The Kier molecular flexibility index (Phi) is 6.63. The van der Waals surface area contributed by atoms with Gasteiger partial charge in [-0.05, 0) is 86.6 Å². The zero-order valence-corrected chi connectivity index (χ0v) is 25.8. The number of hydrogen-bond acceptors (Lipinski definition) is 3. The van der Waals surface area contributed by atoms with Gasteiger partial charge in [0, 0.05) is 33.0 Å². The van der Waals surface area contributed by atoms with E-state index in [0.717, 1.165) is 27.7 Å². The average Bonchev–Trinajstić information content (AvgIpc) is 3.79. The quantitative estimate of drug-likeness (QED) is 0.182. The zero-order valence-electron chi connectivity index (χ0n) is 25.8. The van der Waals surface area contributed by atoms with E-state index in [2.05, 4.69) is 148 Å². The zero-order chi connectivity index (χ0) is 31.6. The third-order valence-electron chi connectivity index (χ3n) is 9.53. The fourth-order valence-electron chi connectivity index (χ4n) is 7.45. The molecule has 0 amide bonds. The van der Waals surface area contributed by atoms with Crippen LogP contribution in [0.3, 0.4) is 0 Å². The van der Waals surface area contributed by atoms with Crippen molar-refractivity contribution in [2.75, 3.05) is 0 Å². The Hall–Kier alpha value is -6.52. The third-order valence-corrected chi connectivity index (χ3v) is 9.53. The minimum absolute atomic E-state index is 0. The van der Waals surface area contributed by atoms with E-state index in [1.165, 1.54) is 54.3 Å². The molecule has 232 valence electrons. The van der Waals surface area contributed by atoms with Gasteiger partial charge >= 0.3 is 0 Å². The molecular weight excluding hydrogens is 599 g/mol. The molecule has 2 aromatic heterocycles. The van der Waals surface area contributed by atoms with Crippen molar-refractivity contribution in [1.82, 2.24) is 14.8 Å². The number of para-hydroxylation sites is 1. The van der Waals surface area contributed by atoms with Crippen LogP contribution in [-0.2, 0) is 0 Å². The minimum atomic E-state index is 0. The van der Waals surface area contributed by atoms with Gasteiger partial charge in [0.05, 0.1) is 11.0 Å². The lowest BCUT2D eigenvalue weighted by molar-refractivity contribution is 0.584. The van der Waals surface area contributed by atoms with Gasteiger partial charge in [-0.25, -0.2) is 0 Å². The second kappa shape index (κ2) is 11.3. The van der Waals surface area contributed by atoms with Crippen LogP contribution in [-0.4, -0.2) is 14.8 Å². The number of hydrogen-bond donors (Lipinski definition) is 0. The highest BCUT2D eigenvalue weighted by molar-refractivity contribution is 6.37. The van der Waals surface area contributed by atoms with Crippen LogP contribution in [0, 0.1) is 0 Å². The minimum Gasteiger partial charge on any atom is -0.416 e. The molecule has 0 radical (unpaired) electrons. The molecule has 49 heavy (non-hydrogen) atoms. The Morgan fingerprint density at radius 2 is 0.939 bits per heavy atom. The van der Waals surface area contributed by atoms with Crippen LogP contribution in [0.2, 0.25) is 0 Å². The highest BCUT2D eigenvalue weighted by Gasteiger charge is 2.23. The molecule has 4 heteroatoms. The SMILES string of the molecule is C.c1ccc(-c2nnc(-c3ccc4c(c3)c3c5ccccc5c5cc(-c6ccccc6)c6ccccc6c5c3n4-c3ccccc3)o2)cc1. The molecule has 0 aliphatic carbocycles. The van der Waals surface area contributed by atoms with Crippen molar-refractivity contribution in [2.45, 2.75) is 7.43 Å². The molecule has 10 rings (SSSR count). The van der Waals surface area contributed by atoms with Crippen molar-refractivity contribution in [3.63, 3.8) is 0 Å². The van der Waals surface area contributed by atoms with Crippen molar-refractivity contribution in [3.8, 4) is 39.7 Å². The van der Waals surface area contributed by atoms with Crippen LogP contribution in [0.25, 0.3) is 93.8 Å². The smallest absolute Gasteiger partial charge is 0.248 e. The molecule has 10 aromatic rings. The standard InChI is InChI=1S/C44H27N3O.CH4/c1-4-14-28(15-5-1)36-27-37-33-21-11-13-23-35(33)41-38-26-30(44-46-45-43(48-44)29-16-6-2-7-17-29)24-25-39(38)47(31-18-8-3-9-19-31)42(41)40(37)34-22-12-10-20-32(34)36;/h1-27H;1H4. The maximum atomic E-state index is 6.25. The Balaban J connectivity index is 0.00000325. The lowest BCUT2D eigenvalue weighted by Crippen LogP contribution is -1.95. The molecule has 4 nitrogen and oxygen atoms in total. The fraction of sp³-hybridized carbons (Fsp3) is 0.0222. The van der Waals surface area contributed by atoms with Gasteiger partial charge in [-0.3, -0.25) is 0 Å². The topological polar surface area (TPSA) is 43.9 Å². The predicted molar refractivity (Wildman–Crippen MR) is 204 cm³/mol. The summed E-state index contributed by atoms with van der Waals surface area (Å²) in [4.78, 5) is 0. The lowest BCUT2D eigenvalue weighted by atomic mass is 9.89. The first-order chi connectivity index (χ1) is 23.8. The third kappa shape index (κ3) is 4.38. The van der Waals surface area contributed by atoms with Crippen LogP contribution in [0.4, 0.5) is 0 Å². The van der Waals surface area contributed by atoms with Crippen LogP contribution in [0.5, 0.6) is 0 Å². The van der Waals surface area contributed by atoms with E-state index in [0.29, 0.717) is 11.8 Å². The molecule has 0 aliphatic heterocycles. The summed E-state index contributed by atoms with van der Waals surface area (Å²) in [7, 11) is 0. The normalized spacial score (nSPS) is 11.5. The Morgan fingerprint density at radius 3 is 1.63 bits per heavy atom. The number of aromatic nitrogens is 3. The summed E-state index contributed by atoms with van der Waals surface area (Å²) in [6, 6.07) is 57.9. The van der Waals surface area contributed by atoms with Gasteiger partial charge in [0.15, 0.2) is 0 Å². The Labute approximate surface area is 283 Å². The maximum absolute atomic E-state index is 6.25. The molecule has 0 atom stereocenters. The summed E-state index contributed by atoms with van der Waals surface area (Å²) in [5.41, 5.74) is 7.66. The van der Waals surface area contributed by atoms with Crippen LogP contribution in [0.15, 0.2) is 168 Å². The van der Waals surface area contributed by atoms with Gasteiger partial charge in [0.2, 0.25) is 11.8 Å². The summed E-state index contributed by atoms with van der Waals surface area (Å²) in [5, 5.41) is 18.6. The van der Waals surface area contributed by atoms with E-state index < -0.39 is 0 Å². The molecule has 0 fully saturated rings. The summed E-state index contributed by atoms with van der Waals surface area (Å²) in [5.74, 6) is 1.01. The average molecular weight is 630 g/mol. The summed E-state index contributed by atoms with van der Waals surface area (Å²) >= 11 is 0. The molecule has 0 saturated carbocycles. The van der Waals surface area contributed by atoms with Gasteiger partial charge < -0.3 is 8.98 Å². The Bertz CT molecular complexity index is 2820. The first-order valence-corrected chi connectivity index (χ1v) is 16.2. The second-order valence-electron chi connectivity index (χ2n) is 12.2. The Morgan fingerprint density at radius 1 is 0.408 bits per heavy atom. The fourth-order valence-corrected chi connectivity index (χ4v) is 7.45. The molecule has 0 bridgehead atoms. The van der Waals surface area contributed by atoms with E-state index >= 15 is 0 Å². The molecule has 2 heterocycles. The molecule has 0 spiro atoms. The number of fused-ring (bicyclic) bond motifs is 10. The van der Waals surface area contributed by atoms with E-state index in [9.17, 15) is 0 Å². The van der Waals surface area contributed by atoms with Crippen molar-refractivity contribution < 1.29 is 4.42 Å². The maximum Gasteiger partial charge on any atom is 0.248 e. The number of benzene rings is 8. The summed E-state index contributed by atoms with van der Waals surface area (Å²) in [6.45, 7) is 0. The second-order valence-corrected chi connectivity index (χ2v) is 12.2. The first-order valence-electron chi connectivity index (χ1n) is 16.2. The van der Waals surface area contributed by atoms with Crippen LogP contribution >= 0.6 is 0 Å². The molecule has 0 unspecified atom stereocenters. The van der Waals surface area contributed by atoms with Crippen LogP contribution in [0.1, 0.15) is 7.43 Å². The predicted octanol–water partition coefficient (Wildman–Crippen LogP) is 12.3. The van der Waals surface area contributed by atoms with Crippen molar-refractivity contribution in [2.24, 2.45) is 0 Å². The largest absolute Gasteiger partial charge is 0.416 e. The summed E-state index contributed by atoms with van der Waals surface area (Å²) in [6.07, 6.45) is 0. The van der Waals surface area contributed by atoms with E-state index in [1.54, 1.807) is 0 Å². The van der Waals surface area contributed by atoms with E-state index in [1.807, 2.05) is 30.3 Å². The first kappa shape index (κ1) is 28.7. The van der Waals surface area contributed by atoms with Crippen LogP contribution < -0.4 is 0 Å². The van der Waals surface area contributed by atoms with E-state index in [4.69, 9.17) is 4.42 Å². The number of rotatable bonds is 4. The van der Waals surface area contributed by atoms with Gasteiger partial charge in [-0.1, -0.05) is 123 Å². The molecule has 0 saturated heterocycles. The molecular formula is C45H31N3O. The van der Waals surface area contributed by atoms with Crippen molar-refractivity contribution in [3.05, 3.63) is 164 Å². The van der Waals surface area contributed by atoms with E-state index in [-0.39, 0.29) is 7.43 Å². The molecule has 8 aromatic carbocycles. The van der Waals surface area contributed by atoms with Gasteiger partial charge in [0.25, 0.3) is 0 Å². The molecule has 0 aliphatic rings. The highest BCUT2D eigenvalue weighted by atomic mass is 16.4. The van der Waals surface area contributed by atoms with Gasteiger partial charge in [-0.2, -0.15) is 0 Å². The summed E-state index contributed by atoms with van der Waals surface area (Å²) < 4.78 is 8.68.